The summed E-state index contributed by atoms with van der Waals surface area (Å²) in [6.45, 7) is 0. The molecule has 0 spiro atoms. The number of carbonyl (C=O) groups is 1. The Labute approximate surface area is 162 Å². The van der Waals surface area contributed by atoms with E-state index in [4.69, 9.17) is 9.47 Å². The van der Waals surface area contributed by atoms with Crippen LogP contribution in [0, 0.1) is 0 Å². The fourth-order valence-corrected chi connectivity index (χ4v) is 2.74. The molecule has 0 saturated carbocycles. The number of hydrogen-bond donors (Lipinski definition) is 1. The maximum absolute atomic E-state index is 12.7. The van der Waals surface area contributed by atoms with E-state index in [1.807, 2.05) is 0 Å². The van der Waals surface area contributed by atoms with Gasteiger partial charge >= 0.3 is 0 Å². The number of hydrogen-bond acceptors (Lipinski definition) is 6. The van der Waals surface area contributed by atoms with Gasteiger partial charge in [-0.15, -0.1) is 0 Å². The Bertz CT molecular complexity index is 1060. The topological polar surface area (TPSA) is 90.7 Å². The van der Waals surface area contributed by atoms with Gasteiger partial charge in [-0.25, -0.2) is 0 Å². The van der Waals surface area contributed by atoms with E-state index < -0.39 is 17.1 Å². The number of aromatic hydroxyl groups is 1. The molecular formula is C19H15BrN2O5. The van der Waals surface area contributed by atoms with Crippen LogP contribution in [0.4, 0.5) is 0 Å². The zero-order valence-electron chi connectivity index (χ0n) is 14.5. The van der Waals surface area contributed by atoms with Gasteiger partial charge in [0.25, 0.3) is 5.56 Å². The minimum absolute atomic E-state index is 0.241. The number of methoxy groups -OCH3 is 2. The molecule has 3 aromatic rings. The highest BCUT2D eigenvalue weighted by atomic mass is 79.9. The molecule has 0 aliphatic rings. The van der Waals surface area contributed by atoms with Crippen LogP contribution in [0.5, 0.6) is 17.2 Å². The summed E-state index contributed by atoms with van der Waals surface area (Å²) in [5, 5.41) is 14.2. The van der Waals surface area contributed by atoms with E-state index in [2.05, 4.69) is 21.0 Å². The highest BCUT2D eigenvalue weighted by Gasteiger charge is 2.20. The van der Waals surface area contributed by atoms with Gasteiger partial charge in [-0.1, -0.05) is 15.9 Å². The van der Waals surface area contributed by atoms with Crippen LogP contribution in [0.25, 0.3) is 5.69 Å². The van der Waals surface area contributed by atoms with E-state index in [0.717, 1.165) is 15.2 Å². The van der Waals surface area contributed by atoms with Crippen molar-refractivity contribution in [2.75, 3.05) is 14.2 Å². The molecule has 0 fully saturated rings. The zero-order chi connectivity index (χ0) is 19.6. The summed E-state index contributed by atoms with van der Waals surface area (Å²) in [7, 11) is 2.95. The fraction of sp³-hybridized carbons (Fsp3) is 0.105. The van der Waals surface area contributed by atoms with Crippen LogP contribution in [0.3, 0.4) is 0 Å². The van der Waals surface area contributed by atoms with Crippen molar-refractivity contribution in [2.24, 2.45) is 0 Å². The molecule has 8 heteroatoms. The number of benzene rings is 2. The molecule has 0 saturated heterocycles. The number of halogens is 1. The molecule has 1 aromatic heterocycles. The second kappa shape index (κ2) is 7.63. The number of nitrogens with zero attached hydrogens (tertiary/aromatic N) is 2. The SMILES string of the molecule is COc1ccc(-n2nc(C(=O)c3ccc(Br)cc3)c(O)cc2=O)c(OC)c1. The Morgan fingerprint density at radius 2 is 1.78 bits per heavy atom. The molecule has 2 aromatic carbocycles. The monoisotopic (exact) mass is 430 g/mol. The van der Waals surface area contributed by atoms with Crippen molar-refractivity contribution in [1.29, 1.82) is 0 Å². The summed E-state index contributed by atoms with van der Waals surface area (Å²) in [5.41, 5.74) is -0.209. The molecule has 0 bridgehead atoms. The van der Waals surface area contributed by atoms with Crippen molar-refractivity contribution in [1.82, 2.24) is 9.78 Å². The second-order valence-electron chi connectivity index (χ2n) is 5.50. The van der Waals surface area contributed by atoms with Gasteiger partial charge in [0.2, 0.25) is 5.78 Å². The van der Waals surface area contributed by atoms with Crippen molar-refractivity contribution in [3.8, 4) is 22.9 Å². The molecule has 0 radical (unpaired) electrons. The van der Waals surface area contributed by atoms with Gasteiger partial charge in [0.05, 0.1) is 14.2 Å². The molecule has 0 aliphatic heterocycles. The lowest BCUT2D eigenvalue weighted by atomic mass is 10.1. The van der Waals surface area contributed by atoms with Crippen LogP contribution in [0.2, 0.25) is 0 Å². The Morgan fingerprint density at radius 1 is 1.07 bits per heavy atom. The van der Waals surface area contributed by atoms with Crippen molar-refractivity contribution in [3.05, 3.63) is 74.6 Å². The summed E-state index contributed by atoms with van der Waals surface area (Å²) in [4.78, 5) is 25.1. The van der Waals surface area contributed by atoms with Crippen molar-refractivity contribution >= 4 is 21.7 Å². The third-order valence-corrected chi connectivity index (χ3v) is 4.38. The normalized spacial score (nSPS) is 10.5. The van der Waals surface area contributed by atoms with Gasteiger partial charge in [-0.2, -0.15) is 9.78 Å². The van der Waals surface area contributed by atoms with Crippen molar-refractivity contribution in [3.63, 3.8) is 0 Å². The highest BCUT2D eigenvalue weighted by Crippen LogP contribution is 2.27. The molecule has 1 N–H and O–H groups in total. The number of rotatable bonds is 5. The second-order valence-corrected chi connectivity index (χ2v) is 6.42. The fourth-order valence-electron chi connectivity index (χ4n) is 2.48. The average molecular weight is 431 g/mol. The average Bonchev–Trinajstić information content (AvgIpc) is 2.68. The Hall–Kier alpha value is -3.13. The lowest BCUT2D eigenvalue weighted by molar-refractivity contribution is 0.102. The van der Waals surface area contributed by atoms with Crippen LogP contribution in [0.15, 0.2) is 57.8 Å². The Kier molecular flexibility index (Phi) is 5.27. The van der Waals surface area contributed by atoms with E-state index in [0.29, 0.717) is 22.7 Å². The summed E-state index contributed by atoms with van der Waals surface area (Å²) in [5.74, 6) is -0.136. The number of ketones is 1. The van der Waals surface area contributed by atoms with E-state index in [-0.39, 0.29) is 5.69 Å². The van der Waals surface area contributed by atoms with Crippen LogP contribution in [0.1, 0.15) is 16.1 Å². The highest BCUT2D eigenvalue weighted by molar-refractivity contribution is 9.10. The maximum atomic E-state index is 12.7. The van der Waals surface area contributed by atoms with E-state index in [9.17, 15) is 14.7 Å². The van der Waals surface area contributed by atoms with Gasteiger partial charge in [-0.05, 0) is 36.4 Å². The summed E-state index contributed by atoms with van der Waals surface area (Å²) < 4.78 is 12.2. The largest absolute Gasteiger partial charge is 0.505 e. The number of carbonyl (C=O) groups excluding carboxylic acids is 1. The maximum Gasteiger partial charge on any atom is 0.275 e. The minimum atomic E-state index is -0.608. The van der Waals surface area contributed by atoms with Crippen molar-refractivity contribution < 1.29 is 19.4 Å². The van der Waals surface area contributed by atoms with E-state index >= 15 is 0 Å². The molecule has 3 rings (SSSR count). The van der Waals surface area contributed by atoms with E-state index in [1.165, 1.54) is 14.2 Å². The first-order chi connectivity index (χ1) is 12.9. The van der Waals surface area contributed by atoms with Crippen LogP contribution >= 0.6 is 15.9 Å². The predicted molar refractivity (Wildman–Crippen MR) is 102 cm³/mol. The van der Waals surface area contributed by atoms with Gasteiger partial charge in [0, 0.05) is 22.2 Å². The van der Waals surface area contributed by atoms with Gasteiger partial charge < -0.3 is 14.6 Å². The molecule has 0 atom stereocenters. The third kappa shape index (κ3) is 3.70. The van der Waals surface area contributed by atoms with Crippen LogP contribution in [-0.4, -0.2) is 34.9 Å². The van der Waals surface area contributed by atoms with Crippen LogP contribution in [-0.2, 0) is 0 Å². The first-order valence-electron chi connectivity index (χ1n) is 7.80. The van der Waals surface area contributed by atoms with Crippen LogP contribution < -0.4 is 15.0 Å². The molecule has 138 valence electrons. The quantitative estimate of drug-likeness (QED) is 0.625. The molecule has 27 heavy (non-hydrogen) atoms. The van der Waals surface area contributed by atoms with E-state index in [1.54, 1.807) is 42.5 Å². The number of ether oxygens (including phenoxy) is 2. The lowest BCUT2D eigenvalue weighted by Crippen LogP contribution is -2.24. The minimum Gasteiger partial charge on any atom is -0.505 e. The number of aromatic nitrogens is 2. The lowest BCUT2D eigenvalue weighted by Gasteiger charge is -2.13. The predicted octanol–water partition coefficient (Wildman–Crippen LogP) is 2.95. The Balaban J connectivity index is 2.14. The molecule has 0 amide bonds. The molecule has 0 unspecified atom stereocenters. The van der Waals surface area contributed by atoms with Gasteiger partial charge in [-0.3, -0.25) is 9.59 Å². The Morgan fingerprint density at radius 3 is 2.41 bits per heavy atom. The molecule has 0 aliphatic carbocycles. The molecule has 7 nitrogen and oxygen atoms in total. The summed E-state index contributed by atoms with van der Waals surface area (Å²) >= 11 is 3.30. The first kappa shape index (κ1) is 18.7. The third-order valence-electron chi connectivity index (χ3n) is 3.85. The first-order valence-corrected chi connectivity index (χ1v) is 8.60. The summed E-state index contributed by atoms with van der Waals surface area (Å²) in [6, 6.07) is 12.3. The van der Waals surface area contributed by atoms with Gasteiger partial charge in [0.15, 0.2) is 11.4 Å². The molecule has 1 heterocycles. The van der Waals surface area contributed by atoms with Crippen molar-refractivity contribution in [2.45, 2.75) is 0 Å². The standard InChI is InChI=1S/C19H15BrN2O5/c1-26-13-7-8-14(16(9-13)27-2)22-17(24)10-15(23)18(21-22)19(25)11-3-5-12(20)6-4-11/h3-10,23H,1-2H3. The molecular weight excluding hydrogens is 416 g/mol. The smallest absolute Gasteiger partial charge is 0.275 e. The summed E-state index contributed by atoms with van der Waals surface area (Å²) in [6.07, 6.45) is 0. The zero-order valence-corrected chi connectivity index (χ0v) is 16.1. The van der Waals surface area contributed by atoms with Gasteiger partial charge in [0.1, 0.15) is 17.2 Å².